The van der Waals surface area contributed by atoms with Crippen LogP contribution >= 0.6 is 15.9 Å². The molecule has 1 unspecified atom stereocenters. The highest BCUT2D eigenvalue weighted by molar-refractivity contribution is 9.10. The Kier molecular flexibility index (Phi) is 4.77. The first-order valence-electron chi connectivity index (χ1n) is 8.81. The number of aliphatic hydroxyl groups is 1. The topological polar surface area (TPSA) is 45.0 Å². The van der Waals surface area contributed by atoms with Gasteiger partial charge in [0, 0.05) is 10.0 Å². The third kappa shape index (κ3) is 3.64. The van der Waals surface area contributed by atoms with E-state index in [1.807, 2.05) is 30.3 Å². The molecular weight excluding hydrogens is 400 g/mol. The van der Waals surface area contributed by atoms with Crippen molar-refractivity contribution in [2.24, 2.45) is 10.2 Å². The maximum absolute atomic E-state index is 10.7. The molecule has 0 aliphatic carbocycles. The largest absolute Gasteiger partial charge is 0.364 e. The van der Waals surface area contributed by atoms with Crippen LogP contribution in [-0.2, 0) is 12.3 Å². The van der Waals surface area contributed by atoms with Crippen LogP contribution in [0.15, 0.2) is 93.6 Å². The molecule has 0 bridgehead atoms. The number of hydrogen-bond acceptors (Lipinski definition) is 3. The van der Waals surface area contributed by atoms with Gasteiger partial charge < -0.3 is 5.11 Å². The van der Waals surface area contributed by atoms with Crippen molar-refractivity contribution in [2.45, 2.75) is 19.2 Å². The molecule has 134 valence electrons. The van der Waals surface area contributed by atoms with Gasteiger partial charge in [0.1, 0.15) is 0 Å². The van der Waals surface area contributed by atoms with Crippen LogP contribution in [0.2, 0.25) is 0 Å². The van der Waals surface area contributed by atoms with E-state index in [0.29, 0.717) is 12.1 Å². The molecule has 0 heterocycles. The van der Waals surface area contributed by atoms with Crippen molar-refractivity contribution in [3.05, 3.63) is 94.5 Å². The van der Waals surface area contributed by atoms with Gasteiger partial charge in [-0.3, -0.25) is 0 Å². The smallest absolute Gasteiger partial charge is 0.199 e. The zero-order valence-corrected chi connectivity index (χ0v) is 16.5. The molecule has 4 aromatic rings. The zero-order valence-electron chi connectivity index (χ0n) is 14.9. The van der Waals surface area contributed by atoms with Gasteiger partial charge in [0.25, 0.3) is 0 Å². The lowest BCUT2D eigenvalue weighted by Gasteiger charge is -2.17. The predicted molar refractivity (Wildman–Crippen MR) is 114 cm³/mol. The van der Waals surface area contributed by atoms with Crippen molar-refractivity contribution >= 4 is 37.5 Å². The molecule has 0 aliphatic heterocycles. The second-order valence-electron chi connectivity index (χ2n) is 6.73. The molecule has 3 nitrogen and oxygen atoms in total. The van der Waals surface area contributed by atoms with E-state index < -0.39 is 5.72 Å². The summed E-state index contributed by atoms with van der Waals surface area (Å²) < 4.78 is 0.899. The monoisotopic (exact) mass is 418 g/mol. The third-order valence-corrected chi connectivity index (χ3v) is 5.25. The van der Waals surface area contributed by atoms with E-state index in [-0.39, 0.29) is 0 Å². The summed E-state index contributed by atoms with van der Waals surface area (Å²) in [7, 11) is 0. The van der Waals surface area contributed by atoms with Gasteiger partial charge >= 0.3 is 0 Å². The van der Waals surface area contributed by atoms with Crippen LogP contribution in [0.5, 0.6) is 0 Å². The minimum absolute atomic E-state index is 0.417. The Morgan fingerprint density at radius 2 is 1.63 bits per heavy atom. The molecule has 1 N–H and O–H groups in total. The normalized spacial score (nSPS) is 14.0. The molecule has 0 spiro atoms. The third-order valence-electron chi connectivity index (χ3n) is 4.75. The van der Waals surface area contributed by atoms with Gasteiger partial charge in [0.05, 0.1) is 6.54 Å². The van der Waals surface area contributed by atoms with Gasteiger partial charge in [0.15, 0.2) is 5.72 Å². The first-order chi connectivity index (χ1) is 13.0. The number of halogens is 1. The zero-order chi connectivity index (χ0) is 18.9. The molecule has 0 saturated carbocycles. The summed E-state index contributed by atoms with van der Waals surface area (Å²) in [5, 5.41) is 24.0. The molecule has 0 aliphatic rings. The predicted octanol–water partition coefficient (Wildman–Crippen LogP) is 6.57. The minimum atomic E-state index is -1.36. The van der Waals surface area contributed by atoms with Crippen LogP contribution in [0, 0.1) is 0 Å². The second-order valence-corrected chi connectivity index (χ2v) is 7.65. The Morgan fingerprint density at radius 1 is 0.852 bits per heavy atom. The SMILES string of the molecule is CC(O)(N=NCc1cccc2c1ccc1ccccc12)c1cccc(Br)c1. The maximum Gasteiger partial charge on any atom is 0.199 e. The van der Waals surface area contributed by atoms with Crippen LogP contribution in [0.25, 0.3) is 21.5 Å². The fourth-order valence-corrected chi connectivity index (χ4v) is 3.73. The molecule has 0 fully saturated rings. The second kappa shape index (κ2) is 7.22. The van der Waals surface area contributed by atoms with E-state index in [4.69, 9.17) is 0 Å². The maximum atomic E-state index is 10.7. The fourth-order valence-electron chi connectivity index (χ4n) is 3.33. The lowest BCUT2D eigenvalue weighted by molar-refractivity contribution is 0.0581. The Morgan fingerprint density at radius 3 is 2.48 bits per heavy atom. The number of nitrogens with zero attached hydrogens (tertiary/aromatic N) is 2. The summed E-state index contributed by atoms with van der Waals surface area (Å²) in [5.74, 6) is 0. The summed E-state index contributed by atoms with van der Waals surface area (Å²) in [6, 6.07) is 26.4. The number of rotatable bonds is 4. The number of azo groups is 1. The van der Waals surface area contributed by atoms with Gasteiger partial charge in [-0.2, -0.15) is 10.2 Å². The molecule has 0 saturated heterocycles. The van der Waals surface area contributed by atoms with Gasteiger partial charge in [-0.25, -0.2) is 0 Å². The first-order valence-corrected chi connectivity index (χ1v) is 9.60. The fraction of sp³-hybridized carbons (Fsp3) is 0.130. The van der Waals surface area contributed by atoms with Crippen LogP contribution in [-0.4, -0.2) is 5.11 Å². The van der Waals surface area contributed by atoms with Crippen LogP contribution < -0.4 is 0 Å². The number of hydrogen-bond donors (Lipinski definition) is 1. The van der Waals surface area contributed by atoms with E-state index in [1.54, 1.807) is 6.92 Å². The summed E-state index contributed by atoms with van der Waals surface area (Å²) in [6.45, 7) is 2.06. The molecular formula is C23H19BrN2O. The van der Waals surface area contributed by atoms with Gasteiger partial charge in [0.2, 0.25) is 0 Å². The molecule has 1 atom stereocenters. The number of fused-ring (bicyclic) bond motifs is 3. The Bertz CT molecular complexity index is 1150. The molecule has 4 heteroatoms. The van der Waals surface area contributed by atoms with Crippen LogP contribution in [0.4, 0.5) is 0 Å². The molecule has 4 rings (SSSR count). The highest BCUT2D eigenvalue weighted by atomic mass is 79.9. The van der Waals surface area contributed by atoms with Gasteiger partial charge in [-0.05, 0) is 46.2 Å². The average Bonchev–Trinajstić information content (AvgIpc) is 2.68. The lowest BCUT2D eigenvalue weighted by Crippen LogP contribution is -2.17. The van der Waals surface area contributed by atoms with Crippen molar-refractivity contribution in [3.63, 3.8) is 0 Å². The highest BCUT2D eigenvalue weighted by Gasteiger charge is 2.22. The van der Waals surface area contributed by atoms with E-state index in [0.717, 1.165) is 15.4 Å². The summed E-state index contributed by atoms with van der Waals surface area (Å²) in [6.07, 6.45) is 0. The van der Waals surface area contributed by atoms with Crippen LogP contribution in [0.3, 0.4) is 0 Å². The molecule has 0 amide bonds. The summed E-state index contributed by atoms with van der Waals surface area (Å²) in [4.78, 5) is 0. The van der Waals surface area contributed by atoms with Gasteiger partial charge in [-0.15, -0.1) is 0 Å². The van der Waals surface area contributed by atoms with Crippen molar-refractivity contribution < 1.29 is 5.11 Å². The lowest BCUT2D eigenvalue weighted by atomic mass is 9.98. The van der Waals surface area contributed by atoms with E-state index >= 15 is 0 Å². The van der Waals surface area contributed by atoms with E-state index in [9.17, 15) is 5.11 Å². The van der Waals surface area contributed by atoms with Crippen molar-refractivity contribution in [1.29, 1.82) is 0 Å². The standard InChI is InChI=1S/C23H19BrN2O/c1-23(27,18-8-5-9-19(24)14-18)26-25-15-17-7-4-11-22-20-10-3-2-6-16(20)12-13-21(17)22/h2-14,27H,15H2,1H3. The number of benzene rings is 4. The quantitative estimate of drug-likeness (QED) is 0.295. The molecule has 0 aromatic heterocycles. The average molecular weight is 419 g/mol. The highest BCUT2D eigenvalue weighted by Crippen LogP contribution is 2.29. The molecule has 4 aromatic carbocycles. The first kappa shape index (κ1) is 17.8. The van der Waals surface area contributed by atoms with E-state index in [2.05, 4.69) is 74.7 Å². The summed E-state index contributed by atoms with van der Waals surface area (Å²) >= 11 is 3.42. The molecule has 27 heavy (non-hydrogen) atoms. The minimum Gasteiger partial charge on any atom is -0.364 e. The van der Waals surface area contributed by atoms with Crippen molar-refractivity contribution in [3.8, 4) is 0 Å². The Hall–Kier alpha value is -2.56. The molecule has 0 radical (unpaired) electrons. The van der Waals surface area contributed by atoms with Crippen LogP contribution in [0.1, 0.15) is 18.1 Å². The van der Waals surface area contributed by atoms with Crippen molar-refractivity contribution in [1.82, 2.24) is 0 Å². The van der Waals surface area contributed by atoms with E-state index in [1.165, 1.54) is 16.2 Å². The summed E-state index contributed by atoms with van der Waals surface area (Å²) in [5.41, 5.74) is 0.428. The van der Waals surface area contributed by atoms with Crippen molar-refractivity contribution in [2.75, 3.05) is 0 Å². The van der Waals surface area contributed by atoms with Gasteiger partial charge in [-0.1, -0.05) is 82.7 Å². The Labute approximate surface area is 166 Å². The Balaban J connectivity index is 1.66.